The molecule has 10 aromatic carbocycles. The molecule has 3 nitrogen and oxygen atoms in total. The van der Waals surface area contributed by atoms with Crippen molar-refractivity contribution in [2.75, 3.05) is 4.90 Å². The van der Waals surface area contributed by atoms with Gasteiger partial charge in [0, 0.05) is 55.1 Å². The van der Waals surface area contributed by atoms with E-state index in [1.807, 2.05) is 0 Å². The van der Waals surface area contributed by atoms with Gasteiger partial charge in [0.2, 0.25) is 0 Å². The number of hydrogen-bond donors (Lipinski definition) is 0. The summed E-state index contributed by atoms with van der Waals surface area (Å²) in [6.07, 6.45) is 0. The number of rotatable bonds is 6. The summed E-state index contributed by atoms with van der Waals surface area (Å²) < 4.78 is 8.84. The fourth-order valence-electron chi connectivity index (χ4n) is 10.6. The molecule has 64 heavy (non-hydrogen) atoms. The Labute approximate surface area is 371 Å². The summed E-state index contributed by atoms with van der Waals surface area (Å²) in [4.78, 5) is 2.40. The number of fused-ring (bicyclic) bond motifs is 11. The van der Waals surface area contributed by atoms with E-state index in [1.54, 1.807) is 0 Å². The number of furan rings is 1. The maximum absolute atomic E-state index is 6.45. The normalized spacial score (nSPS) is 13.0. The summed E-state index contributed by atoms with van der Waals surface area (Å²) in [6.45, 7) is 4.71. The number of benzene rings is 10. The molecule has 0 N–H and O–H groups in total. The molecule has 0 spiro atoms. The Morgan fingerprint density at radius 2 is 0.984 bits per heavy atom. The van der Waals surface area contributed by atoms with Crippen molar-refractivity contribution in [3.05, 3.63) is 230 Å². The van der Waals surface area contributed by atoms with E-state index < -0.39 is 0 Å². The second-order valence-electron chi connectivity index (χ2n) is 17.7. The Morgan fingerprint density at radius 3 is 1.72 bits per heavy atom. The van der Waals surface area contributed by atoms with Crippen LogP contribution in [0.15, 0.2) is 223 Å². The SMILES string of the molecule is CC1(C)c2ccccc2-c2ccc(N(c3ccc(-c4cccc(-n5c6ccccc6c6ccccc65)c4)cc3)c3ccc(-c4ccc5oc6c7ccccc7ccc6c5c4)cc3)cc21. The Hall–Kier alpha value is -8.14. The van der Waals surface area contributed by atoms with Gasteiger partial charge < -0.3 is 13.9 Å². The van der Waals surface area contributed by atoms with Gasteiger partial charge in [-0.2, -0.15) is 0 Å². The highest BCUT2D eigenvalue weighted by Gasteiger charge is 2.35. The van der Waals surface area contributed by atoms with Crippen LogP contribution in [0.1, 0.15) is 25.0 Å². The predicted molar refractivity (Wildman–Crippen MR) is 269 cm³/mol. The van der Waals surface area contributed by atoms with Gasteiger partial charge in [-0.25, -0.2) is 0 Å². The molecular weight excluding hydrogens is 777 g/mol. The zero-order chi connectivity index (χ0) is 42.5. The van der Waals surface area contributed by atoms with Crippen molar-refractivity contribution >= 4 is 71.6 Å². The van der Waals surface area contributed by atoms with Crippen molar-refractivity contribution in [1.29, 1.82) is 0 Å². The minimum Gasteiger partial charge on any atom is -0.455 e. The van der Waals surface area contributed by atoms with Gasteiger partial charge in [0.05, 0.1) is 11.0 Å². The Morgan fingerprint density at radius 1 is 0.391 bits per heavy atom. The van der Waals surface area contributed by atoms with Crippen LogP contribution in [0.25, 0.3) is 93.6 Å². The minimum absolute atomic E-state index is 0.120. The average Bonchev–Trinajstić information content (AvgIpc) is 3.97. The third-order valence-electron chi connectivity index (χ3n) is 13.8. The zero-order valence-electron chi connectivity index (χ0n) is 35.6. The third-order valence-corrected chi connectivity index (χ3v) is 13.8. The molecule has 12 aromatic rings. The van der Waals surface area contributed by atoms with Gasteiger partial charge in [-0.05, 0) is 129 Å². The fourth-order valence-corrected chi connectivity index (χ4v) is 10.6. The van der Waals surface area contributed by atoms with E-state index in [0.717, 1.165) is 61.2 Å². The largest absolute Gasteiger partial charge is 0.455 e. The first kappa shape index (κ1) is 36.5. The standard InChI is InChI=1S/C61H42N2O/c1-61(2)55-19-8-5-16-49(55)50-34-32-47(38-56(50)61)62(45-30-24-40(25-31-45)43-27-35-59-54(37-43)53-33-26-41-12-3-4-15-48(41)60(53)64-59)44-28-22-39(23-29-44)42-13-11-14-46(36-42)63-57-20-9-6-17-51(57)52-18-7-10-21-58(52)63/h3-38H,1-2H3. The van der Waals surface area contributed by atoms with E-state index in [1.165, 1.54) is 60.6 Å². The predicted octanol–water partition coefficient (Wildman–Crippen LogP) is 16.9. The summed E-state index contributed by atoms with van der Waals surface area (Å²) in [5, 5.41) is 7.13. The zero-order valence-corrected chi connectivity index (χ0v) is 35.6. The lowest BCUT2D eigenvalue weighted by atomic mass is 9.82. The fraction of sp³-hybridized carbons (Fsp3) is 0.0492. The lowest BCUT2D eigenvalue weighted by Crippen LogP contribution is -2.16. The first-order valence-corrected chi connectivity index (χ1v) is 22.2. The second-order valence-corrected chi connectivity index (χ2v) is 17.7. The van der Waals surface area contributed by atoms with Crippen LogP contribution >= 0.6 is 0 Å². The average molecular weight is 819 g/mol. The molecule has 0 fully saturated rings. The van der Waals surface area contributed by atoms with Gasteiger partial charge in [-0.3, -0.25) is 0 Å². The van der Waals surface area contributed by atoms with Crippen LogP contribution in [-0.2, 0) is 5.41 Å². The maximum atomic E-state index is 6.45. The van der Waals surface area contributed by atoms with Crippen molar-refractivity contribution in [2.45, 2.75) is 19.3 Å². The summed E-state index contributed by atoms with van der Waals surface area (Å²) in [7, 11) is 0. The molecular formula is C61H42N2O. The Bertz CT molecular complexity index is 3760. The van der Waals surface area contributed by atoms with E-state index in [0.29, 0.717) is 0 Å². The van der Waals surface area contributed by atoms with Crippen LogP contribution in [0.2, 0.25) is 0 Å². The molecule has 0 atom stereocenters. The van der Waals surface area contributed by atoms with Crippen molar-refractivity contribution < 1.29 is 4.42 Å². The highest BCUT2D eigenvalue weighted by atomic mass is 16.3. The summed E-state index contributed by atoms with van der Waals surface area (Å²) in [5.74, 6) is 0. The number of para-hydroxylation sites is 2. The first-order chi connectivity index (χ1) is 31.5. The number of hydrogen-bond acceptors (Lipinski definition) is 2. The van der Waals surface area contributed by atoms with E-state index in [-0.39, 0.29) is 5.41 Å². The van der Waals surface area contributed by atoms with E-state index in [9.17, 15) is 0 Å². The van der Waals surface area contributed by atoms with Gasteiger partial charge >= 0.3 is 0 Å². The van der Waals surface area contributed by atoms with E-state index >= 15 is 0 Å². The number of anilines is 3. The van der Waals surface area contributed by atoms with Gasteiger partial charge in [-0.15, -0.1) is 0 Å². The van der Waals surface area contributed by atoms with E-state index in [4.69, 9.17) is 4.42 Å². The molecule has 1 aliphatic rings. The second kappa shape index (κ2) is 13.9. The van der Waals surface area contributed by atoms with Crippen LogP contribution in [0.3, 0.4) is 0 Å². The third kappa shape index (κ3) is 5.54. The van der Waals surface area contributed by atoms with Crippen molar-refractivity contribution in [1.82, 2.24) is 4.57 Å². The minimum atomic E-state index is -0.120. The smallest absolute Gasteiger partial charge is 0.143 e. The number of nitrogens with zero attached hydrogens (tertiary/aromatic N) is 2. The monoisotopic (exact) mass is 818 g/mol. The van der Waals surface area contributed by atoms with Crippen LogP contribution in [0.5, 0.6) is 0 Å². The lowest BCUT2D eigenvalue weighted by molar-refractivity contribution is 0.660. The molecule has 0 radical (unpaired) electrons. The van der Waals surface area contributed by atoms with Crippen LogP contribution in [0.4, 0.5) is 17.1 Å². The highest BCUT2D eigenvalue weighted by molar-refractivity contribution is 6.15. The van der Waals surface area contributed by atoms with Gasteiger partial charge in [-0.1, -0.05) is 153 Å². The molecule has 2 aromatic heterocycles. The summed E-state index contributed by atoms with van der Waals surface area (Å²) >= 11 is 0. The van der Waals surface area contributed by atoms with Gasteiger partial charge in [0.1, 0.15) is 11.2 Å². The van der Waals surface area contributed by atoms with Crippen LogP contribution in [0, 0.1) is 0 Å². The topological polar surface area (TPSA) is 21.3 Å². The molecule has 0 bridgehead atoms. The molecule has 0 amide bonds. The maximum Gasteiger partial charge on any atom is 0.143 e. The van der Waals surface area contributed by atoms with Crippen LogP contribution < -0.4 is 4.90 Å². The van der Waals surface area contributed by atoms with Crippen LogP contribution in [-0.4, -0.2) is 4.57 Å². The molecule has 2 heterocycles. The molecule has 1 aliphatic carbocycles. The van der Waals surface area contributed by atoms with Gasteiger partial charge in [0.15, 0.2) is 0 Å². The molecule has 0 unspecified atom stereocenters. The lowest BCUT2D eigenvalue weighted by Gasteiger charge is -2.28. The number of aromatic nitrogens is 1. The summed E-state index contributed by atoms with van der Waals surface area (Å²) in [6, 6.07) is 79.7. The van der Waals surface area contributed by atoms with Crippen molar-refractivity contribution in [3.8, 4) is 39.1 Å². The molecule has 13 rings (SSSR count). The quantitative estimate of drug-likeness (QED) is 0.167. The Kier molecular flexibility index (Phi) is 7.95. The van der Waals surface area contributed by atoms with E-state index in [2.05, 4.69) is 242 Å². The molecule has 0 saturated carbocycles. The highest BCUT2D eigenvalue weighted by Crippen LogP contribution is 2.51. The Balaban J connectivity index is 0.896. The molecule has 0 saturated heterocycles. The first-order valence-electron chi connectivity index (χ1n) is 22.2. The molecule has 302 valence electrons. The van der Waals surface area contributed by atoms with Crippen molar-refractivity contribution in [2.24, 2.45) is 0 Å². The molecule has 0 aliphatic heterocycles. The van der Waals surface area contributed by atoms with Gasteiger partial charge in [0.25, 0.3) is 0 Å². The molecule has 3 heteroatoms. The summed E-state index contributed by atoms with van der Waals surface area (Å²) in [5.41, 5.74) is 18.6. The van der Waals surface area contributed by atoms with Crippen molar-refractivity contribution in [3.63, 3.8) is 0 Å².